The van der Waals surface area contributed by atoms with Gasteiger partial charge in [-0.05, 0) is 85.8 Å². The Morgan fingerprint density at radius 1 is 0.730 bits per heavy atom. The average Bonchev–Trinajstić information content (AvgIpc) is 2.93. The summed E-state index contributed by atoms with van der Waals surface area (Å²) < 4.78 is 5.26. The Morgan fingerprint density at radius 3 is 2.11 bits per heavy atom. The maximum atomic E-state index is 13.4. The fourth-order valence-corrected chi connectivity index (χ4v) is 4.07. The van der Waals surface area contributed by atoms with Gasteiger partial charge in [0.25, 0.3) is 11.8 Å². The van der Waals surface area contributed by atoms with Gasteiger partial charge in [-0.2, -0.15) is 0 Å². The van der Waals surface area contributed by atoms with Crippen molar-refractivity contribution in [3.8, 4) is 17.0 Å². The first-order valence-electron chi connectivity index (χ1n) is 11.8. The van der Waals surface area contributed by atoms with Crippen LogP contribution in [0.1, 0.15) is 26.3 Å². The van der Waals surface area contributed by atoms with Crippen molar-refractivity contribution in [3.05, 3.63) is 120 Å². The standard InChI is InChI=1S/C31H25N3O3/c1-20-8-17-28-26(18-20)27(19-29(34-28)21-11-15-25(37-2)16-12-21)31(36)33-24-13-9-22(10-14-24)30(35)32-23-6-4-3-5-7-23/h3-19H,1-2H3,(H,32,35)(H,33,36). The molecular formula is C31H25N3O3. The number of aromatic nitrogens is 1. The number of amides is 2. The van der Waals surface area contributed by atoms with Crippen LogP contribution in [-0.4, -0.2) is 23.9 Å². The molecule has 1 aromatic heterocycles. The van der Waals surface area contributed by atoms with E-state index in [2.05, 4.69) is 10.6 Å². The van der Waals surface area contributed by atoms with Crippen LogP contribution < -0.4 is 15.4 Å². The first-order valence-corrected chi connectivity index (χ1v) is 11.8. The number of hydrogen-bond donors (Lipinski definition) is 2. The van der Waals surface area contributed by atoms with Crippen molar-refractivity contribution in [3.63, 3.8) is 0 Å². The molecule has 0 fully saturated rings. The van der Waals surface area contributed by atoms with Gasteiger partial charge in [0.15, 0.2) is 0 Å². The molecule has 0 saturated carbocycles. The largest absolute Gasteiger partial charge is 0.497 e. The van der Waals surface area contributed by atoms with Crippen LogP contribution in [-0.2, 0) is 0 Å². The van der Waals surface area contributed by atoms with Gasteiger partial charge in [-0.25, -0.2) is 4.98 Å². The molecule has 5 aromatic rings. The predicted molar refractivity (Wildman–Crippen MR) is 147 cm³/mol. The van der Waals surface area contributed by atoms with Crippen molar-refractivity contribution in [1.29, 1.82) is 0 Å². The summed E-state index contributed by atoms with van der Waals surface area (Å²) in [6.07, 6.45) is 0. The molecule has 6 heteroatoms. The van der Waals surface area contributed by atoms with Crippen LogP contribution in [0.15, 0.2) is 103 Å². The van der Waals surface area contributed by atoms with Crippen LogP contribution in [0, 0.1) is 6.92 Å². The van der Waals surface area contributed by atoms with Crippen LogP contribution in [0.2, 0.25) is 0 Å². The number of aryl methyl sites for hydroxylation is 1. The summed E-state index contributed by atoms with van der Waals surface area (Å²) in [5.41, 5.74) is 5.66. The van der Waals surface area contributed by atoms with Crippen LogP contribution in [0.4, 0.5) is 11.4 Å². The Kier molecular flexibility index (Phi) is 6.64. The highest BCUT2D eigenvalue weighted by atomic mass is 16.5. The number of carbonyl (C=O) groups is 2. The predicted octanol–water partition coefficient (Wildman–Crippen LogP) is 6.72. The molecule has 4 aromatic carbocycles. The lowest BCUT2D eigenvalue weighted by Crippen LogP contribution is -2.14. The number of nitrogens with one attached hydrogen (secondary N) is 2. The zero-order valence-electron chi connectivity index (χ0n) is 20.5. The lowest BCUT2D eigenvalue weighted by atomic mass is 10.0. The van der Waals surface area contributed by atoms with E-state index >= 15 is 0 Å². The number of pyridine rings is 1. The highest BCUT2D eigenvalue weighted by Crippen LogP contribution is 2.28. The number of nitrogens with zero attached hydrogens (tertiary/aromatic N) is 1. The summed E-state index contributed by atoms with van der Waals surface area (Å²) in [5, 5.41) is 6.59. The van der Waals surface area contributed by atoms with Crippen molar-refractivity contribution >= 4 is 34.1 Å². The van der Waals surface area contributed by atoms with Crippen molar-refractivity contribution < 1.29 is 14.3 Å². The third kappa shape index (κ3) is 5.33. The number of rotatable bonds is 6. The summed E-state index contributed by atoms with van der Waals surface area (Å²) in [7, 11) is 1.62. The highest BCUT2D eigenvalue weighted by Gasteiger charge is 2.15. The van der Waals surface area contributed by atoms with E-state index in [1.807, 2.05) is 79.7 Å². The molecule has 0 atom stereocenters. The molecule has 2 N–H and O–H groups in total. The first-order chi connectivity index (χ1) is 18.0. The minimum Gasteiger partial charge on any atom is -0.497 e. The zero-order chi connectivity index (χ0) is 25.8. The normalized spacial score (nSPS) is 10.6. The van der Waals surface area contributed by atoms with Gasteiger partial charge in [0.1, 0.15) is 5.75 Å². The SMILES string of the molecule is COc1ccc(-c2cc(C(=O)Nc3ccc(C(=O)Nc4ccccc4)cc3)c3cc(C)ccc3n2)cc1. The van der Waals surface area contributed by atoms with Crippen LogP contribution in [0.25, 0.3) is 22.2 Å². The maximum Gasteiger partial charge on any atom is 0.256 e. The summed E-state index contributed by atoms with van der Waals surface area (Å²) in [4.78, 5) is 30.8. The van der Waals surface area contributed by atoms with E-state index in [0.29, 0.717) is 22.5 Å². The van der Waals surface area contributed by atoms with Gasteiger partial charge in [-0.1, -0.05) is 29.8 Å². The molecule has 182 valence electrons. The number of carbonyl (C=O) groups excluding carboxylic acids is 2. The number of para-hydroxylation sites is 1. The van der Waals surface area contributed by atoms with Crippen LogP contribution in [0.5, 0.6) is 5.75 Å². The quantitative estimate of drug-likeness (QED) is 0.278. The number of anilines is 2. The fraction of sp³-hybridized carbons (Fsp3) is 0.0645. The highest BCUT2D eigenvalue weighted by molar-refractivity contribution is 6.13. The summed E-state index contributed by atoms with van der Waals surface area (Å²) >= 11 is 0. The lowest BCUT2D eigenvalue weighted by molar-refractivity contribution is 0.102. The molecule has 0 bridgehead atoms. The second kappa shape index (κ2) is 10.3. The molecule has 2 amide bonds. The van der Waals surface area contributed by atoms with Crippen molar-refractivity contribution in [2.45, 2.75) is 6.92 Å². The molecule has 0 aliphatic heterocycles. The van der Waals surface area contributed by atoms with Gasteiger partial charge >= 0.3 is 0 Å². The number of benzene rings is 4. The number of fused-ring (bicyclic) bond motifs is 1. The van der Waals surface area contributed by atoms with Crippen LogP contribution >= 0.6 is 0 Å². The number of methoxy groups -OCH3 is 1. The van der Waals surface area contributed by atoms with E-state index in [1.54, 1.807) is 37.4 Å². The lowest BCUT2D eigenvalue weighted by Gasteiger charge is -2.12. The Labute approximate surface area is 215 Å². The first kappa shape index (κ1) is 23.8. The number of hydrogen-bond acceptors (Lipinski definition) is 4. The molecule has 6 nitrogen and oxygen atoms in total. The molecule has 0 radical (unpaired) electrons. The van der Waals surface area contributed by atoms with Gasteiger partial charge in [0.05, 0.1) is 23.9 Å². The topological polar surface area (TPSA) is 80.3 Å². The molecule has 0 unspecified atom stereocenters. The molecule has 1 heterocycles. The summed E-state index contributed by atoms with van der Waals surface area (Å²) in [6.45, 7) is 1.98. The summed E-state index contributed by atoms with van der Waals surface area (Å²) in [6, 6.07) is 31.3. The third-order valence-corrected chi connectivity index (χ3v) is 6.03. The Bertz CT molecular complexity index is 1580. The Morgan fingerprint density at radius 2 is 1.41 bits per heavy atom. The minimum atomic E-state index is -0.255. The van der Waals surface area contributed by atoms with Gasteiger partial charge in [-0.3, -0.25) is 9.59 Å². The average molecular weight is 488 g/mol. The smallest absolute Gasteiger partial charge is 0.256 e. The van der Waals surface area contributed by atoms with Crippen molar-refractivity contribution in [1.82, 2.24) is 4.98 Å². The van der Waals surface area contributed by atoms with Crippen LogP contribution in [0.3, 0.4) is 0 Å². The van der Waals surface area contributed by atoms with Gasteiger partial charge in [0, 0.05) is 27.9 Å². The molecule has 37 heavy (non-hydrogen) atoms. The number of ether oxygens (including phenoxy) is 1. The molecular weight excluding hydrogens is 462 g/mol. The second-order valence-electron chi connectivity index (χ2n) is 8.66. The van der Waals surface area contributed by atoms with E-state index in [9.17, 15) is 9.59 Å². The van der Waals surface area contributed by atoms with Crippen molar-refractivity contribution in [2.75, 3.05) is 17.7 Å². The second-order valence-corrected chi connectivity index (χ2v) is 8.66. The van der Waals surface area contributed by atoms with E-state index in [1.165, 1.54) is 0 Å². The molecule has 0 aliphatic rings. The Balaban J connectivity index is 1.41. The van der Waals surface area contributed by atoms with Gasteiger partial charge in [-0.15, -0.1) is 0 Å². The monoisotopic (exact) mass is 487 g/mol. The third-order valence-electron chi connectivity index (χ3n) is 6.03. The van der Waals surface area contributed by atoms with Gasteiger partial charge in [0.2, 0.25) is 0 Å². The van der Waals surface area contributed by atoms with Gasteiger partial charge < -0.3 is 15.4 Å². The van der Waals surface area contributed by atoms with E-state index in [-0.39, 0.29) is 11.8 Å². The molecule has 0 spiro atoms. The maximum absolute atomic E-state index is 13.4. The Hall–Kier alpha value is -4.97. The van der Waals surface area contributed by atoms with Crippen molar-refractivity contribution in [2.24, 2.45) is 0 Å². The fourth-order valence-electron chi connectivity index (χ4n) is 4.07. The summed E-state index contributed by atoms with van der Waals surface area (Å²) in [5.74, 6) is 0.275. The zero-order valence-corrected chi connectivity index (χ0v) is 20.5. The minimum absolute atomic E-state index is 0.219. The molecule has 0 aliphatic carbocycles. The van der Waals surface area contributed by atoms with E-state index in [4.69, 9.17) is 9.72 Å². The molecule has 0 saturated heterocycles. The molecule has 5 rings (SSSR count). The van der Waals surface area contributed by atoms with E-state index < -0.39 is 0 Å². The van der Waals surface area contributed by atoms with E-state index in [0.717, 1.165) is 33.5 Å².